The van der Waals surface area contributed by atoms with Crippen LogP contribution in [0.4, 0.5) is 0 Å². The summed E-state index contributed by atoms with van der Waals surface area (Å²) in [5.74, 6) is 1.63. The van der Waals surface area contributed by atoms with Crippen LogP contribution >= 0.6 is 12.4 Å². The van der Waals surface area contributed by atoms with Crippen LogP contribution in [0.2, 0.25) is 0 Å². The van der Waals surface area contributed by atoms with Gasteiger partial charge in [-0.25, -0.2) is 0 Å². The number of rotatable bonds is 3. The Morgan fingerprint density at radius 2 is 2.29 bits per heavy atom. The summed E-state index contributed by atoms with van der Waals surface area (Å²) in [4.78, 5) is 2.35. The number of piperidine rings is 1. The van der Waals surface area contributed by atoms with Gasteiger partial charge in [0, 0.05) is 18.5 Å². The lowest BCUT2D eigenvalue weighted by Gasteiger charge is -2.29. The Bertz CT molecular complexity index is 346. The van der Waals surface area contributed by atoms with Crippen molar-refractivity contribution in [3.63, 3.8) is 0 Å². The molecule has 0 aliphatic carbocycles. The van der Waals surface area contributed by atoms with Crippen LogP contribution in [-0.4, -0.2) is 36.8 Å². The van der Waals surface area contributed by atoms with E-state index in [1.165, 1.54) is 19.4 Å². The third-order valence-electron chi connectivity index (χ3n) is 3.03. The molecular weight excluding hydrogens is 238 g/mol. The molecule has 1 N–H and O–H groups in total. The van der Waals surface area contributed by atoms with Crippen LogP contribution in [0.5, 0.6) is 11.5 Å². The number of hydrogen-bond acceptors (Lipinski definition) is 3. The van der Waals surface area contributed by atoms with Crippen LogP contribution in [0.25, 0.3) is 0 Å². The molecule has 0 radical (unpaired) electrons. The molecule has 96 valence electrons. The van der Waals surface area contributed by atoms with Crippen molar-refractivity contribution in [2.45, 2.75) is 12.8 Å². The van der Waals surface area contributed by atoms with Gasteiger partial charge in [-0.3, -0.25) is 0 Å². The minimum absolute atomic E-state index is 0. The summed E-state index contributed by atoms with van der Waals surface area (Å²) >= 11 is 0. The summed E-state index contributed by atoms with van der Waals surface area (Å²) in [6.45, 7) is 3.05. The van der Waals surface area contributed by atoms with Gasteiger partial charge >= 0.3 is 0 Å². The molecule has 0 aromatic heterocycles. The van der Waals surface area contributed by atoms with Gasteiger partial charge in [-0.2, -0.15) is 0 Å². The number of halogens is 1. The molecule has 0 spiro atoms. The molecule has 0 amide bonds. The molecule has 2 rings (SSSR count). The van der Waals surface area contributed by atoms with Crippen molar-refractivity contribution in [1.82, 2.24) is 4.90 Å². The number of aromatic hydroxyl groups is 1. The van der Waals surface area contributed by atoms with Gasteiger partial charge in [0.05, 0.1) is 6.61 Å². The van der Waals surface area contributed by atoms with Crippen LogP contribution in [-0.2, 0) is 0 Å². The van der Waals surface area contributed by atoms with Gasteiger partial charge in [-0.1, -0.05) is 6.07 Å². The van der Waals surface area contributed by atoms with Crippen molar-refractivity contribution < 1.29 is 9.84 Å². The topological polar surface area (TPSA) is 32.7 Å². The van der Waals surface area contributed by atoms with Crippen LogP contribution in [0.15, 0.2) is 24.3 Å². The van der Waals surface area contributed by atoms with E-state index in [0.717, 1.165) is 18.9 Å². The van der Waals surface area contributed by atoms with E-state index in [0.29, 0.717) is 5.92 Å². The Balaban J connectivity index is 0.00000144. The fraction of sp³-hybridized carbons (Fsp3) is 0.538. The van der Waals surface area contributed by atoms with Gasteiger partial charge in [0.1, 0.15) is 11.5 Å². The molecular formula is C13H20ClNO2. The molecule has 3 nitrogen and oxygen atoms in total. The number of nitrogens with zero attached hydrogens (tertiary/aromatic N) is 1. The molecule has 1 aromatic carbocycles. The van der Waals surface area contributed by atoms with Gasteiger partial charge in [0.25, 0.3) is 0 Å². The SMILES string of the molecule is CN1CCC[C@@H](COc2cccc(O)c2)C1.Cl. The Morgan fingerprint density at radius 1 is 1.47 bits per heavy atom. The molecule has 1 aliphatic heterocycles. The van der Waals surface area contributed by atoms with Crippen molar-refractivity contribution in [2.75, 3.05) is 26.7 Å². The van der Waals surface area contributed by atoms with E-state index in [2.05, 4.69) is 11.9 Å². The number of phenols is 1. The fourth-order valence-electron chi connectivity index (χ4n) is 2.20. The minimum atomic E-state index is 0. The maximum Gasteiger partial charge on any atom is 0.122 e. The van der Waals surface area contributed by atoms with E-state index in [1.807, 2.05) is 6.07 Å². The molecule has 0 unspecified atom stereocenters. The first-order chi connectivity index (χ1) is 7.74. The van der Waals surface area contributed by atoms with Crippen LogP contribution in [0.3, 0.4) is 0 Å². The van der Waals surface area contributed by atoms with Crippen LogP contribution in [0, 0.1) is 5.92 Å². The maximum absolute atomic E-state index is 9.30. The van der Waals surface area contributed by atoms with Crippen molar-refractivity contribution in [2.24, 2.45) is 5.92 Å². The molecule has 0 bridgehead atoms. The normalized spacial score (nSPS) is 20.6. The van der Waals surface area contributed by atoms with Crippen molar-refractivity contribution in [1.29, 1.82) is 0 Å². The first kappa shape index (κ1) is 14.1. The summed E-state index contributed by atoms with van der Waals surface area (Å²) in [7, 11) is 2.15. The lowest BCUT2D eigenvalue weighted by molar-refractivity contribution is 0.150. The largest absolute Gasteiger partial charge is 0.508 e. The van der Waals surface area contributed by atoms with Crippen LogP contribution in [0.1, 0.15) is 12.8 Å². The molecule has 4 heteroatoms. The number of likely N-dealkylation sites (tertiary alicyclic amines) is 1. The summed E-state index contributed by atoms with van der Waals surface area (Å²) < 4.78 is 5.69. The molecule has 1 saturated heterocycles. The van der Waals surface area contributed by atoms with Crippen molar-refractivity contribution >= 4 is 12.4 Å². The Hall–Kier alpha value is -0.930. The highest BCUT2D eigenvalue weighted by atomic mass is 35.5. The third kappa shape index (κ3) is 4.44. The minimum Gasteiger partial charge on any atom is -0.508 e. The lowest BCUT2D eigenvalue weighted by Crippen LogP contribution is -2.34. The molecule has 1 atom stereocenters. The van der Waals surface area contributed by atoms with E-state index < -0.39 is 0 Å². The molecule has 0 saturated carbocycles. The predicted octanol–water partition coefficient (Wildman–Crippen LogP) is 2.53. The van der Waals surface area contributed by atoms with Gasteiger partial charge in [-0.15, -0.1) is 12.4 Å². The second kappa shape index (κ2) is 6.72. The number of benzene rings is 1. The quantitative estimate of drug-likeness (QED) is 0.903. The monoisotopic (exact) mass is 257 g/mol. The summed E-state index contributed by atoms with van der Waals surface area (Å²) in [6.07, 6.45) is 2.49. The van der Waals surface area contributed by atoms with Crippen molar-refractivity contribution in [3.05, 3.63) is 24.3 Å². The smallest absolute Gasteiger partial charge is 0.122 e. The molecule has 1 aromatic rings. The third-order valence-corrected chi connectivity index (χ3v) is 3.03. The number of phenolic OH excluding ortho intramolecular Hbond substituents is 1. The highest BCUT2D eigenvalue weighted by Crippen LogP contribution is 2.20. The summed E-state index contributed by atoms with van der Waals surface area (Å²) in [5, 5.41) is 9.30. The van der Waals surface area contributed by atoms with Gasteiger partial charge in [0.15, 0.2) is 0 Å². The number of hydrogen-bond donors (Lipinski definition) is 1. The molecule has 1 fully saturated rings. The van der Waals surface area contributed by atoms with E-state index >= 15 is 0 Å². The summed E-state index contributed by atoms with van der Waals surface area (Å²) in [6, 6.07) is 7.00. The lowest BCUT2D eigenvalue weighted by atomic mass is 10.00. The fourth-order valence-corrected chi connectivity index (χ4v) is 2.20. The first-order valence-electron chi connectivity index (χ1n) is 5.84. The average Bonchev–Trinajstić information content (AvgIpc) is 2.27. The average molecular weight is 258 g/mol. The maximum atomic E-state index is 9.30. The Kier molecular flexibility index (Phi) is 5.59. The second-order valence-electron chi connectivity index (χ2n) is 4.58. The molecule has 1 aliphatic rings. The highest BCUT2D eigenvalue weighted by Gasteiger charge is 2.17. The Morgan fingerprint density at radius 3 is 3.00 bits per heavy atom. The zero-order valence-corrected chi connectivity index (χ0v) is 10.9. The van der Waals surface area contributed by atoms with E-state index in [1.54, 1.807) is 18.2 Å². The summed E-state index contributed by atoms with van der Waals surface area (Å²) in [5.41, 5.74) is 0. The van der Waals surface area contributed by atoms with E-state index in [9.17, 15) is 5.11 Å². The van der Waals surface area contributed by atoms with Crippen LogP contribution < -0.4 is 4.74 Å². The Labute approximate surface area is 109 Å². The zero-order valence-electron chi connectivity index (χ0n) is 10.1. The standard InChI is InChI=1S/C13H19NO2.ClH/c1-14-7-3-4-11(9-14)10-16-13-6-2-5-12(15)8-13;/h2,5-6,8,11,15H,3-4,7,9-10H2,1H3;1H/t11-;/m1./s1. The van der Waals surface area contributed by atoms with Gasteiger partial charge in [-0.05, 0) is 38.6 Å². The first-order valence-corrected chi connectivity index (χ1v) is 5.84. The molecule has 1 heterocycles. The second-order valence-corrected chi connectivity index (χ2v) is 4.58. The van der Waals surface area contributed by atoms with Gasteiger partial charge in [0.2, 0.25) is 0 Å². The molecule has 17 heavy (non-hydrogen) atoms. The number of ether oxygens (including phenoxy) is 1. The zero-order chi connectivity index (χ0) is 11.4. The highest BCUT2D eigenvalue weighted by molar-refractivity contribution is 5.85. The van der Waals surface area contributed by atoms with E-state index in [4.69, 9.17) is 4.74 Å². The van der Waals surface area contributed by atoms with Crippen molar-refractivity contribution in [3.8, 4) is 11.5 Å². The van der Waals surface area contributed by atoms with Gasteiger partial charge < -0.3 is 14.7 Å². The van der Waals surface area contributed by atoms with E-state index in [-0.39, 0.29) is 18.2 Å². The predicted molar refractivity (Wildman–Crippen MR) is 71.1 cm³/mol.